The average molecular weight is 234 g/mol. The van der Waals surface area contributed by atoms with E-state index in [4.69, 9.17) is 0 Å². The number of nitrogens with zero attached hydrogens (tertiary/aromatic N) is 4. The van der Waals surface area contributed by atoms with Crippen LogP contribution in [0.3, 0.4) is 0 Å². The summed E-state index contributed by atoms with van der Waals surface area (Å²) in [6, 6.07) is 9.02. The van der Waals surface area contributed by atoms with Crippen LogP contribution in [0.4, 0.5) is 11.6 Å². The lowest BCUT2D eigenvalue weighted by molar-refractivity contribution is -0.394. The van der Waals surface area contributed by atoms with E-state index in [0.29, 0.717) is 5.69 Å². The third-order valence-corrected chi connectivity index (χ3v) is 2.05. The summed E-state index contributed by atoms with van der Waals surface area (Å²) in [6.07, 6.45) is 0. The summed E-state index contributed by atoms with van der Waals surface area (Å²) in [4.78, 5) is 19.8. The number of nitro groups is 2. The monoisotopic (exact) mass is 234 g/mol. The summed E-state index contributed by atoms with van der Waals surface area (Å²) in [5.41, 5.74) is 0.396. The second-order valence-electron chi connectivity index (χ2n) is 3.12. The average Bonchev–Trinajstić information content (AvgIpc) is 2.75. The molecule has 0 atom stereocenters. The Morgan fingerprint density at radius 1 is 1.06 bits per heavy atom. The van der Waals surface area contributed by atoms with Crippen LogP contribution in [0.1, 0.15) is 0 Å². The van der Waals surface area contributed by atoms with Gasteiger partial charge in [0.25, 0.3) is 0 Å². The topological polar surface area (TPSA) is 104 Å². The smallest absolute Gasteiger partial charge is 0.358 e. The van der Waals surface area contributed by atoms with Crippen molar-refractivity contribution in [2.75, 3.05) is 0 Å². The number of para-hydroxylation sites is 1. The molecule has 0 aliphatic heterocycles. The van der Waals surface area contributed by atoms with E-state index in [-0.39, 0.29) is 0 Å². The van der Waals surface area contributed by atoms with Gasteiger partial charge in [-0.25, -0.2) is 0 Å². The first-order chi connectivity index (χ1) is 8.09. The van der Waals surface area contributed by atoms with E-state index in [9.17, 15) is 20.2 Å². The standard InChI is InChI=1S/C9H6N4O4/c14-12(15)8-6-9(13(16)17)11(10-8)7-4-2-1-3-5-7/h1-6H. The van der Waals surface area contributed by atoms with Crippen LogP contribution < -0.4 is 0 Å². The summed E-state index contributed by atoms with van der Waals surface area (Å²) >= 11 is 0. The van der Waals surface area contributed by atoms with Crippen LogP contribution >= 0.6 is 0 Å². The molecule has 0 fully saturated rings. The third-order valence-electron chi connectivity index (χ3n) is 2.05. The van der Waals surface area contributed by atoms with Gasteiger partial charge in [-0.2, -0.15) is 0 Å². The molecule has 1 heterocycles. The fraction of sp³-hybridized carbons (Fsp3) is 0. The second-order valence-corrected chi connectivity index (χ2v) is 3.12. The lowest BCUT2D eigenvalue weighted by Crippen LogP contribution is -2.02. The van der Waals surface area contributed by atoms with Crippen molar-refractivity contribution < 1.29 is 9.85 Å². The second kappa shape index (κ2) is 4.00. The van der Waals surface area contributed by atoms with Crippen LogP contribution in [0.2, 0.25) is 0 Å². The minimum Gasteiger partial charge on any atom is -0.358 e. The normalized spacial score (nSPS) is 10.1. The summed E-state index contributed by atoms with van der Waals surface area (Å²) in [5.74, 6) is -0.997. The zero-order valence-electron chi connectivity index (χ0n) is 8.39. The molecular weight excluding hydrogens is 228 g/mol. The highest BCUT2D eigenvalue weighted by Gasteiger charge is 2.28. The largest absolute Gasteiger partial charge is 0.420 e. The minimum absolute atomic E-state index is 0.396. The quantitative estimate of drug-likeness (QED) is 0.593. The number of benzene rings is 1. The molecule has 0 radical (unpaired) electrons. The van der Waals surface area contributed by atoms with Crippen LogP contribution in [-0.2, 0) is 0 Å². The molecule has 0 bridgehead atoms. The first-order valence-electron chi connectivity index (χ1n) is 4.54. The van der Waals surface area contributed by atoms with E-state index in [1.165, 1.54) is 0 Å². The predicted octanol–water partition coefficient (Wildman–Crippen LogP) is 1.69. The number of rotatable bonds is 3. The highest BCUT2D eigenvalue weighted by atomic mass is 16.6. The molecule has 0 N–H and O–H groups in total. The Kier molecular flexibility index (Phi) is 2.53. The molecule has 1 aromatic carbocycles. The lowest BCUT2D eigenvalue weighted by atomic mass is 10.3. The van der Waals surface area contributed by atoms with Gasteiger partial charge in [-0.3, -0.25) is 0 Å². The van der Waals surface area contributed by atoms with Crippen molar-refractivity contribution in [3.8, 4) is 5.69 Å². The molecule has 0 unspecified atom stereocenters. The third kappa shape index (κ3) is 1.95. The Labute approximate surface area is 94.4 Å². The predicted molar refractivity (Wildman–Crippen MR) is 56.9 cm³/mol. The maximum absolute atomic E-state index is 10.8. The van der Waals surface area contributed by atoms with Crippen LogP contribution in [0.15, 0.2) is 36.4 Å². The van der Waals surface area contributed by atoms with E-state index in [1.54, 1.807) is 30.3 Å². The highest BCUT2D eigenvalue weighted by Crippen LogP contribution is 2.22. The number of aromatic nitrogens is 2. The van der Waals surface area contributed by atoms with Gasteiger partial charge in [0.15, 0.2) is 10.8 Å². The van der Waals surface area contributed by atoms with Crippen LogP contribution in [0.5, 0.6) is 0 Å². The summed E-state index contributed by atoms with van der Waals surface area (Å²) in [5, 5.41) is 24.9. The van der Waals surface area contributed by atoms with Crippen molar-refractivity contribution >= 4 is 11.6 Å². The molecule has 2 rings (SSSR count). The Balaban J connectivity index is 2.60. The Bertz CT molecular complexity index is 578. The van der Waals surface area contributed by atoms with Gasteiger partial charge in [0.1, 0.15) is 6.07 Å². The summed E-state index contributed by atoms with van der Waals surface area (Å²) < 4.78 is 0.929. The zero-order valence-corrected chi connectivity index (χ0v) is 8.39. The van der Waals surface area contributed by atoms with E-state index >= 15 is 0 Å². The molecule has 1 aromatic heterocycles. The van der Waals surface area contributed by atoms with Crippen LogP contribution in [0.25, 0.3) is 5.69 Å². The van der Waals surface area contributed by atoms with Crippen LogP contribution in [0, 0.1) is 20.2 Å². The molecular formula is C9H6N4O4. The SMILES string of the molecule is O=[N+]([O-])c1cc([N+](=O)[O-])n(-c2ccccc2)n1. The maximum atomic E-state index is 10.8. The van der Waals surface area contributed by atoms with Gasteiger partial charge in [0, 0.05) is 4.68 Å². The Morgan fingerprint density at radius 3 is 2.24 bits per heavy atom. The van der Waals surface area contributed by atoms with Crippen molar-refractivity contribution in [1.29, 1.82) is 0 Å². The molecule has 0 aliphatic rings. The highest BCUT2D eigenvalue weighted by molar-refractivity contribution is 5.42. The molecule has 0 amide bonds. The minimum atomic E-state index is -0.771. The van der Waals surface area contributed by atoms with Gasteiger partial charge in [-0.1, -0.05) is 18.2 Å². The first-order valence-corrected chi connectivity index (χ1v) is 4.54. The van der Waals surface area contributed by atoms with E-state index in [0.717, 1.165) is 10.7 Å². The van der Waals surface area contributed by atoms with E-state index in [2.05, 4.69) is 5.10 Å². The van der Waals surface area contributed by atoms with Crippen LogP contribution in [-0.4, -0.2) is 19.6 Å². The van der Waals surface area contributed by atoms with Crippen molar-refractivity contribution in [3.63, 3.8) is 0 Å². The van der Waals surface area contributed by atoms with Gasteiger partial charge in [0.05, 0.1) is 0 Å². The molecule has 8 heteroatoms. The van der Waals surface area contributed by atoms with Gasteiger partial charge in [0.2, 0.25) is 0 Å². The maximum Gasteiger partial charge on any atom is 0.420 e. The number of hydrogen-bond acceptors (Lipinski definition) is 5. The van der Waals surface area contributed by atoms with Gasteiger partial charge in [-0.05, 0) is 22.0 Å². The van der Waals surface area contributed by atoms with Gasteiger partial charge < -0.3 is 20.2 Å². The van der Waals surface area contributed by atoms with Gasteiger partial charge >= 0.3 is 11.6 Å². The zero-order chi connectivity index (χ0) is 12.4. The van der Waals surface area contributed by atoms with E-state index < -0.39 is 21.5 Å². The lowest BCUT2D eigenvalue weighted by Gasteiger charge is -1.93. The fourth-order valence-electron chi connectivity index (χ4n) is 1.34. The molecule has 17 heavy (non-hydrogen) atoms. The van der Waals surface area contributed by atoms with Crippen molar-refractivity contribution in [2.24, 2.45) is 0 Å². The summed E-state index contributed by atoms with van der Waals surface area (Å²) in [7, 11) is 0. The number of hydrogen-bond donors (Lipinski definition) is 0. The Morgan fingerprint density at radius 2 is 1.71 bits per heavy atom. The summed E-state index contributed by atoms with van der Waals surface area (Å²) in [6.45, 7) is 0. The van der Waals surface area contributed by atoms with Gasteiger partial charge in [-0.15, -0.1) is 0 Å². The first kappa shape index (κ1) is 10.7. The molecule has 0 spiro atoms. The molecule has 0 saturated heterocycles. The molecule has 2 aromatic rings. The van der Waals surface area contributed by atoms with Crippen molar-refractivity contribution in [1.82, 2.24) is 9.78 Å². The molecule has 0 aliphatic carbocycles. The molecule has 8 nitrogen and oxygen atoms in total. The van der Waals surface area contributed by atoms with Crippen molar-refractivity contribution in [3.05, 3.63) is 56.6 Å². The van der Waals surface area contributed by atoms with E-state index in [1.807, 2.05) is 0 Å². The fourth-order valence-corrected chi connectivity index (χ4v) is 1.34. The Hall–Kier alpha value is -2.77. The molecule has 0 saturated carbocycles. The molecule has 86 valence electrons. The van der Waals surface area contributed by atoms with Crippen molar-refractivity contribution in [2.45, 2.75) is 0 Å².